The molecule has 0 saturated heterocycles. The number of anilines is 1. The van der Waals surface area contributed by atoms with Crippen molar-refractivity contribution in [1.82, 2.24) is 24.1 Å². The fraction of sp³-hybridized carbons (Fsp3) is 0.318. The first-order valence-corrected chi connectivity index (χ1v) is 10.6. The van der Waals surface area contributed by atoms with Crippen molar-refractivity contribution >= 4 is 51.5 Å². The highest BCUT2D eigenvalue weighted by Gasteiger charge is 2.28. The SMILES string of the molecule is CCOC(=O)c1cc2c(Cl)ccc(Cn3cnc4c(N)ncnc43)c2n1C(=O)OC(C)(C)C. The third-order valence-corrected chi connectivity index (χ3v) is 5.15. The van der Waals surface area contributed by atoms with Crippen molar-refractivity contribution in [3.05, 3.63) is 47.1 Å². The van der Waals surface area contributed by atoms with Crippen molar-refractivity contribution in [3.63, 3.8) is 0 Å². The number of aromatic nitrogens is 5. The van der Waals surface area contributed by atoms with Crippen LogP contribution in [0, 0.1) is 0 Å². The van der Waals surface area contributed by atoms with E-state index in [9.17, 15) is 9.59 Å². The molecular weight excluding hydrogens is 448 g/mol. The minimum absolute atomic E-state index is 0.0255. The smallest absolute Gasteiger partial charge is 0.419 e. The molecule has 0 spiro atoms. The molecule has 3 aromatic heterocycles. The zero-order valence-corrected chi connectivity index (χ0v) is 19.4. The second-order valence-electron chi connectivity index (χ2n) is 8.34. The number of carbonyl (C=O) groups is 2. The van der Waals surface area contributed by atoms with Crippen LogP contribution in [0.25, 0.3) is 22.1 Å². The second-order valence-corrected chi connectivity index (χ2v) is 8.75. The van der Waals surface area contributed by atoms with Gasteiger partial charge < -0.3 is 19.8 Å². The third-order valence-electron chi connectivity index (χ3n) is 4.82. The quantitative estimate of drug-likeness (QED) is 0.443. The number of nitrogens with two attached hydrogens (primary N) is 1. The van der Waals surface area contributed by atoms with E-state index in [0.29, 0.717) is 32.7 Å². The number of imidazole rings is 1. The first-order valence-electron chi connectivity index (χ1n) is 10.2. The molecule has 10 nitrogen and oxygen atoms in total. The van der Waals surface area contributed by atoms with Crippen LogP contribution in [0.2, 0.25) is 5.02 Å². The van der Waals surface area contributed by atoms with Gasteiger partial charge >= 0.3 is 12.1 Å². The van der Waals surface area contributed by atoms with E-state index in [1.54, 1.807) is 50.7 Å². The van der Waals surface area contributed by atoms with Gasteiger partial charge in [0.15, 0.2) is 11.5 Å². The molecule has 11 heteroatoms. The molecule has 0 saturated carbocycles. The van der Waals surface area contributed by atoms with E-state index >= 15 is 0 Å². The van der Waals surface area contributed by atoms with E-state index < -0.39 is 17.7 Å². The van der Waals surface area contributed by atoms with Crippen molar-refractivity contribution in [3.8, 4) is 0 Å². The zero-order valence-electron chi connectivity index (χ0n) is 18.6. The Kier molecular flexibility index (Phi) is 5.71. The Bertz CT molecular complexity index is 1390. The van der Waals surface area contributed by atoms with Crippen LogP contribution in [0.4, 0.5) is 10.6 Å². The Morgan fingerprint density at radius 3 is 2.64 bits per heavy atom. The number of halogens is 1. The van der Waals surface area contributed by atoms with Crippen molar-refractivity contribution < 1.29 is 19.1 Å². The van der Waals surface area contributed by atoms with Gasteiger partial charge in [-0.3, -0.25) is 0 Å². The Morgan fingerprint density at radius 1 is 1.18 bits per heavy atom. The molecule has 33 heavy (non-hydrogen) atoms. The highest BCUT2D eigenvalue weighted by atomic mass is 35.5. The summed E-state index contributed by atoms with van der Waals surface area (Å²) in [7, 11) is 0. The third kappa shape index (κ3) is 4.21. The lowest BCUT2D eigenvalue weighted by Crippen LogP contribution is -2.29. The van der Waals surface area contributed by atoms with Gasteiger partial charge in [0.1, 0.15) is 23.1 Å². The van der Waals surface area contributed by atoms with Gasteiger partial charge in [0, 0.05) is 5.39 Å². The molecule has 0 aliphatic carbocycles. The summed E-state index contributed by atoms with van der Waals surface area (Å²) in [5.74, 6) is -0.392. The highest BCUT2D eigenvalue weighted by Crippen LogP contribution is 2.32. The summed E-state index contributed by atoms with van der Waals surface area (Å²) in [6.45, 7) is 7.35. The normalized spacial score (nSPS) is 11.8. The monoisotopic (exact) mass is 470 g/mol. The molecule has 0 aliphatic heterocycles. The van der Waals surface area contributed by atoms with Crippen LogP contribution in [0.1, 0.15) is 43.7 Å². The predicted octanol–water partition coefficient (Wildman–Crippen LogP) is 4.02. The number of hydrogen-bond donors (Lipinski definition) is 1. The van der Waals surface area contributed by atoms with Crippen LogP contribution in [-0.2, 0) is 16.0 Å². The van der Waals surface area contributed by atoms with Crippen LogP contribution in [-0.4, -0.2) is 48.4 Å². The number of rotatable bonds is 4. The largest absolute Gasteiger partial charge is 0.461 e. The van der Waals surface area contributed by atoms with Gasteiger partial charge in [-0.15, -0.1) is 0 Å². The summed E-state index contributed by atoms with van der Waals surface area (Å²) in [6, 6.07) is 5.02. The van der Waals surface area contributed by atoms with Gasteiger partial charge in [0.2, 0.25) is 0 Å². The van der Waals surface area contributed by atoms with E-state index in [2.05, 4.69) is 15.0 Å². The van der Waals surface area contributed by atoms with E-state index in [4.69, 9.17) is 26.8 Å². The Morgan fingerprint density at radius 2 is 1.94 bits per heavy atom. The van der Waals surface area contributed by atoms with E-state index in [1.165, 1.54) is 17.0 Å². The lowest BCUT2D eigenvalue weighted by atomic mass is 10.1. The van der Waals surface area contributed by atoms with Gasteiger partial charge in [-0.05, 0) is 45.4 Å². The highest BCUT2D eigenvalue weighted by molar-refractivity contribution is 6.36. The fourth-order valence-electron chi connectivity index (χ4n) is 3.53. The summed E-state index contributed by atoms with van der Waals surface area (Å²) in [4.78, 5) is 38.5. The molecule has 172 valence electrons. The Hall–Kier alpha value is -3.66. The summed E-state index contributed by atoms with van der Waals surface area (Å²) in [6.07, 6.45) is 2.23. The number of ether oxygens (including phenoxy) is 2. The van der Waals surface area contributed by atoms with Gasteiger partial charge in [-0.1, -0.05) is 17.7 Å². The maximum atomic E-state index is 13.2. The van der Waals surface area contributed by atoms with Crippen molar-refractivity contribution in [2.24, 2.45) is 0 Å². The summed E-state index contributed by atoms with van der Waals surface area (Å²) >= 11 is 6.46. The maximum absolute atomic E-state index is 13.2. The molecule has 0 radical (unpaired) electrons. The number of esters is 1. The van der Waals surface area contributed by atoms with Crippen molar-refractivity contribution in [2.45, 2.75) is 39.8 Å². The number of carbonyl (C=O) groups excluding carboxylic acids is 2. The van der Waals surface area contributed by atoms with E-state index in [-0.39, 0.29) is 24.7 Å². The predicted molar refractivity (Wildman–Crippen MR) is 123 cm³/mol. The molecule has 0 fully saturated rings. The van der Waals surface area contributed by atoms with Gasteiger partial charge in [-0.25, -0.2) is 29.1 Å². The van der Waals surface area contributed by atoms with Gasteiger partial charge in [0.25, 0.3) is 0 Å². The molecule has 0 aliphatic rings. The second kappa shape index (κ2) is 8.36. The Balaban J connectivity index is 1.93. The molecule has 4 rings (SSSR count). The molecule has 0 amide bonds. The number of benzene rings is 1. The summed E-state index contributed by atoms with van der Waals surface area (Å²) in [5.41, 5.74) is 7.27. The minimum Gasteiger partial charge on any atom is -0.461 e. The molecule has 1 aromatic carbocycles. The van der Waals surface area contributed by atoms with Crippen LogP contribution in [0.15, 0.2) is 30.9 Å². The molecule has 2 N–H and O–H groups in total. The van der Waals surface area contributed by atoms with Gasteiger partial charge in [-0.2, -0.15) is 0 Å². The van der Waals surface area contributed by atoms with Crippen LogP contribution >= 0.6 is 11.6 Å². The van der Waals surface area contributed by atoms with Crippen LogP contribution < -0.4 is 5.73 Å². The average molecular weight is 471 g/mol. The van der Waals surface area contributed by atoms with Crippen molar-refractivity contribution in [2.75, 3.05) is 12.3 Å². The molecule has 4 aromatic rings. The molecule has 0 atom stereocenters. The standard InChI is InChI=1S/C22H23ClN6O4/c1-5-32-20(30)15-8-13-14(23)7-6-12(17(13)29(15)21(31)33-22(2,3)4)9-28-11-27-16-18(24)25-10-26-19(16)28/h6-8,10-11H,5,9H2,1-4H3,(H2,24,25,26). The number of hydrogen-bond acceptors (Lipinski definition) is 8. The number of nitrogens with zero attached hydrogens (tertiary/aromatic N) is 5. The topological polar surface area (TPSA) is 127 Å². The maximum Gasteiger partial charge on any atom is 0.419 e. The molecule has 0 unspecified atom stereocenters. The molecule has 3 heterocycles. The zero-order chi connectivity index (χ0) is 23.9. The lowest BCUT2D eigenvalue weighted by Gasteiger charge is -2.21. The van der Waals surface area contributed by atoms with Crippen molar-refractivity contribution in [1.29, 1.82) is 0 Å². The van der Waals surface area contributed by atoms with Gasteiger partial charge in [0.05, 0.1) is 30.0 Å². The first kappa shape index (κ1) is 22.5. The Labute approximate surface area is 194 Å². The minimum atomic E-state index is -0.784. The fourth-order valence-corrected chi connectivity index (χ4v) is 3.74. The number of fused-ring (bicyclic) bond motifs is 2. The summed E-state index contributed by atoms with van der Waals surface area (Å²) in [5, 5.41) is 0.894. The average Bonchev–Trinajstić information content (AvgIpc) is 3.33. The lowest BCUT2D eigenvalue weighted by molar-refractivity contribution is 0.0454. The number of nitrogen functional groups attached to an aromatic ring is 1. The molecule has 0 bridgehead atoms. The molecular formula is C22H23ClN6O4. The van der Waals surface area contributed by atoms with Crippen LogP contribution in [0.3, 0.4) is 0 Å². The summed E-state index contributed by atoms with van der Waals surface area (Å²) < 4.78 is 13.8. The first-order chi connectivity index (χ1) is 15.6. The van der Waals surface area contributed by atoms with Crippen LogP contribution in [0.5, 0.6) is 0 Å². The van der Waals surface area contributed by atoms with E-state index in [1.807, 2.05) is 0 Å². The van der Waals surface area contributed by atoms with E-state index in [0.717, 1.165) is 0 Å².